The Morgan fingerprint density at radius 2 is 1.71 bits per heavy atom. The van der Waals surface area contributed by atoms with Gasteiger partial charge in [0.25, 0.3) is 5.56 Å². The highest BCUT2D eigenvalue weighted by atomic mass is 35.5. The second-order valence-corrected chi connectivity index (χ2v) is 5.20. The van der Waals surface area contributed by atoms with Crippen molar-refractivity contribution in [3.63, 3.8) is 0 Å². The number of pyridine rings is 1. The maximum absolute atomic E-state index is 12.3. The van der Waals surface area contributed by atoms with Crippen molar-refractivity contribution in [3.05, 3.63) is 81.7 Å². The number of hydrogen-bond donors (Lipinski definition) is 0. The minimum absolute atomic E-state index is 0.0191. The van der Waals surface area contributed by atoms with Gasteiger partial charge in [-0.1, -0.05) is 29.8 Å². The van der Waals surface area contributed by atoms with Crippen LogP contribution < -0.4 is 5.56 Å². The van der Waals surface area contributed by atoms with Crippen molar-refractivity contribution in [1.29, 1.82) is 0 Å². The van der Waals surface area contributed by atoms with Crippen LogP contribution in [-0.4, -0.2) is 10.4 Å². The maximum Gasteiger partial charge on any atom is 0.258 e. The molecule has 21 heavy (non-hydrogen) atoms. The lowest BCUT2D eigenvalue weighted by molar-refractivity contribution is 0.0971. The number of ketones is 1. The van der Waals surface area contributed by atoms with E-state index in [0.717, 1.165) is 5.39 Å². The van der Waals surface area contributed by atoms with Crippen molar-refractivity contribution >= 4 is 28.2 Å². The van der Waals surface area contributed by atoms with E-state index in [1.165, 1.54) is 4.57 Å². The molecule has 0 atom stereocenters. The van der Waals surface area contributed by atoms with Gasteiger partial charge in [0.05, 0.1) is 6.54 Å². The van der Waals surface area contributed by atoms with Gasteiger partial charge in [-0.2, -0.15) is 0 Å². The summed E-state index contributed by atoms with van der Waals surface area (Å²) in [6.07, 6.45) is 1.65. The third kappa shape index (κ3) is 2.73. The number of carbonyl (C=O) groups is 1. The first-order chi connectivity index (χ1) is 10.1. The summed E-state index contributed by atoms with van der Waals surface area (Å²) in [5.74, 6) is -0.121. The standard InChI is InChI=1S/C17H12ClNO2/c18-14-7-5-13(6-8-14)16(20)11-19-10-9-12-3-1-2-4-15(12)17(19)21/h1-10H,11H2. The van der Waals surface area contributed by atoms with Gasteiger partial charge in [-0.05, 0) is 41.8 Å². The summed E-state index contributed by atoms with van der Waals surface area (Å²) in [7, 11) is 0. The van der Waals surface area contributed by atoms with E-state index in [-0.39, 0.29) is 17.9 Å². The van der Waals surface area contributed by atoms with Gasteiger partial charge in [-0.15, -0.1) is 0 Å². The molecule has 2 aromatic carbocycles. The first kappa shape index (κ1) is 13.6. The first-order valence-corrected chi connectivity index (χ1v) is 6.90. The van der Waals surface area contributed by atoms with Crippen LogP contribution in [0.3, 0.4) is 0 Å². The van der Waals surface area contributed by atoms with Crippen LogP contribution in [0, 0.1) is 0 Å². The summed E-state index contributed by atoms with van der Waals surface area (Å²) >= 11 is 5.80. The van der Waals surface area contributed by atoms with Crippen LogP contribution in [0.2, 0.25) is 5.02 Å². The Kier molecular flexibility index (Phi) is 3.59. The fourth-order valence-electron chi connectivity index (χ4n) is 2.24. The highest BCUT2D eigenvalue weighted by Crippen LogP contribution is 2.11. The Hall–Kier alpha value is -2.39. The minimum atomic E-state index is -0.157. The third-order valence-corrected chi connectivity index (χ3v) is 3.62. The molecule has 0 spiro atoms. The molecular formula is C17H12ClNO2. The lowest BCUT2D eigenvalue weighted by atomic mass is 10.1. The van der Waals surface area contributed by atoms with Crippen molar-refractivity contribution in [2.45, 2.75) is 6.54 Å². The number of Topliss-reactive ketones (excluding diaryl/α,β-unsaturated/α-hetero) is 1. The molecular weight excluding hydrogens is 286 g/mol. The molecule has 1 heterocycles. The van der Waals surface area contributed by atoms with Crippen LogP contribution in [-0.2, 0) is 6.54 Å². The van der Waals surface area contributed by atoms with Gasteiger partial charge >= 0.3 is 0 Å². The van der Waals surface area contributed by atoms with Crippen LogP contribution in [0.5, 0.6) is 0 Å². The Bertz CT molecular complexity index is 866. The van der Waals surface area contributed by atoms with E-state index < -0.39 is 0 Å². The quantitative estimate of drug-likeness (QED) is 0.694. The maximum atomic E-state index is 12.3. The van der Waals surface area contributed by atoms with Gasteiger partial charge in [0, 0.05) is 22.2 Å². The number of benzene rings is 2. The average molecular weight is 298 g/mol. The van der Waals surface area contributed by atoms with Gasteiger partial charge in [0.2, 0.25) is 0 Å². The van der Waals surface area contributed by atoms with E-state index in [2.05, 4.69) is 0 Å². The van der Waals surface area contributed by atoms with Crippen LogP contribution in [0.4, 0.5) is 0 Å². The van der Waals surface area contributed by atoms with Crippen molar-refractivity contribution in [2.75, 3.05) is 0 Å². The van der Waals surface area contributed by atoms with E-state index in [9.17, 15) is 9.59 Å². The van der Waals surface area contributed by atoms with E-state index in [1.807, 2.05) is 24.3 Å². The molecule has 0 amide bonds. The predicted octanol–water partition coefficient (Wildman–Crippen LogP) is 3.54. The molecule has 104 valence electrons. The summed E-state index contributed by atoms with van der Waals surface area (Å²) < 4.78 is 1.43. The molecule has 0 saturated carbocycles. The summed E-state index contributed by atoms with van der Waals surface area (Å²) in [4.78, 5) is 24.5. The van der Waals surface area contributed by atoms with Crippen LogP contribution >= 0.6 is 11.6 Å². The second kappa shape index (κ2) is 5.54. The number of fused-ring (bicyclic) bond motifs is 1. The smallest absolute Gasteiger partial charge is 0.258 e. The SMILES string of the molecule is O=C(Cn1ccc2ccccc2c1=O)c1ccc(Cl)cc1. The second-order valence-electron chi connectivity index (χ2n) is 4.77. The molecule has 3 rings (SSSR count). The van der Waals surface area contributed by atoms with Crippen molar-refractivity contribution in [3.8, 4) is 0 Å². The Labute approximate surface area is 126 Å². The molecule has 0 fully saturated rings. The largest absolute Gasteiger partial charge is 0.307 e. The van der Waals surface area contributed by atoms with E-state index in [4.69, 9.17) is 11.6 Å². The van der Waals surface area contributed by atoms with Gasteiger partial charge in [-0.25, -0.2) is 0 Å². The van der Waals surface area contributed by atoms with E-state index in [1.54, 1.807) is 36.5 Å². The molecule has 0 radical (unpaired) electrons. The molecule has 0 unspecified atom stereocenters. The van der Waals surface area contributed by atoms with E-state index >= 15 is 0 Å². The number of nitrogens with zero attached hydrogens (tertiary/aromatic N) is 1. The third-order valence-electron chi connectivity index (χ3n) is 3.37. The summed E-state index contributed by atoms with van der Waals surface area (Å²) in [6.45, 7) is 0.0191. The van der Waals surface area contributed by atoms with Gasteiger partial charge in [0.15, 0.2) is 5.78 Å². The van der Waals surface area contributed by atoms with E-state index in [0.29, 0.717) is 16.0 Å². The molecule has 0 aliphatic heterocycles. The van der Waals surface area contributed by atoms with Crippen molar-refractivity contribution < 1.29 is 4.79 Å². The van der Waals surface area contributed by atoms with Crippen LogP contribution in [0.1, 0.15) is 10.4 Å². The highest BCUT2D eigenvalue weighted by Gasteiger charge is 2.09. The number of hydrogen-bond acceptors (Lipinski definition) is 2. The summed E-state index contributed by atoms with van der Waals surface area (Å²) in [5.41, 5.74) is 0.384. The lowest BCUT2D eigenvalue weighted by Gasteiger charge is -2.07. The fourth-order valence-corrected chi connectivity index (χ4v) is 2.36. The normalized spacial score (nSPS) is 10.7. The number of halogens is 1. The Morgan fingerprint density at radius 3 is 2.48 bits per heavy atom. The minimum Gasteiger partial charge on any atom is -0.307 e. The molecule has 0 saturated heterocycles. The van der Waals surface area contributed by atoms with Gasteiger partial charge in [-0.3, -0.25) is 9.59 Å². The monoisotopic (exact) mass is 297 g/mol. The summed E-state index contributed by atoms with van der Waals surface area (Å²) in [6, 6.07) is 15.8. The average Bonchev–Trinajstić information content (AvgIpc) is 2.51. The Morgan fingerprint density at radius 1 is 1.00 bits per heavy atom. The topological polar surface area (TPSA) is 39.1 Å². The molecule has 1 aromatic heterocycles. The summed E-state index contributed by atoms with van der Waals surface area (Å²) in [5, 5.41) is 2.07. The zero-order valence-electron chi connectivity index (χ0n) is 11.1. The highest BCUT2D eigenvalue weighted by molar-refractivity contribution is 6.30. The molecule has 0 N–H and O–H groups in total. The van der Waals surface area contributed by atoms with Gasteiger partial charge < -0.3 is 4.57 Å². The number of rotatable bonds is 3. The molecule has 0 aliphatic rings. The molecule has 3 aromatic rings. The molecule has 0 aliphatic carbocycles. The van der Waals surface area contributed by atoms with Gasteiger partial charge in [0.1, 0.15) is 0 Å². The fraction of sp³-hybridized carbons (Fsp3) is 0.0588. The number of carbonyl (C=O) groups excluding carboxylic acids is 1. The zero-order chi connectivity index (χ0) is 14.8. The molecule has 4 heteroatoms. The Balaban J connectivity index is 1.95. The lowest BCUT2D eigenvalue weighted by Crippen LogP contribution is -2.23. The van der Waals surface area contributed by atoms with Crippen LogP contribution in [0.25, 0.3) is 10.8 Å². The predicted molar refractivity (Wildman–Crippen MR) is 84.0 cm³/mol. The van der Waals surface area contributed by atoms with Crippen LogP contribution in [0.15, 0.2) is 65.6 Å². The first-order valence-electron chi connectivity index (χ1n) is 6.52. The molecule has 3 nitrogen and oxygen atoms in total. The van der Waals surface area contributed by atoms with Crippen molar-refractivity contribution in [1.82, 2.24) is 4.57 Å². The molecule has 0 bridgehead atoms. The zero-order valence-corrected chi connectivity index (χ0v) is 11.9. The van der Waals surface area contributed by atoms with Crippen molar-refractivity contribution in [2.24, 2.45) is 0 Å². The number of aromatic nitrogens is 1.